The van der Waals surface area contributed by atoms with E-state index in [0.29, 0.717) is 24.2 Å². The molecule has 1 N–H and O–H groups in total. The zero-order chi connectivity index (χ0) is 25.1. The van der Waals surface area contributed by atoms with Gasteiger partial charge in [0, 0.05) is 23.8 Å². The number of anilines is 1. The number of ketones is 1. The molecule has 1 aliphatic rings. The highest BCUT2D eigenvalue weighted by atomic mass is 32.2. The Bertz CT molecular complexity index is 1150. The fourth-order valence-corrected chi connectivity index (χ4v) is 5.18. The minimum Gasteiger partial charge on any atom is -0.444 e. The van der Waals surface area contributed by atoms with Crippen molar-refractivity contribution in [3.05, 3.63) is 59.2 Å². The van der Waals surface area contributed by atoms with E-state index in [1.165, 1.54) is 31.2 Å². The smallest absolute Gasteiger partial charge is 0.410 e. The highest BCUT2D eigenvalue weighted by Crippen LogP contribution is 2.29. The molecule has 2 aromatic rings. The van der Waals surface area contributed by atoms with Gasteiger partial charge in [-0.15, -0.1) is 0 Å². The number of aryl methyl sites for hydroxylation is 1. The van der Waals surface area contributed by atoms with E-state index in [4.69, 9.17) is 4.74 Å². The molecule has 7 nitrogen and oxygen atoms in total. The molecular formula is C26H34N2O5S. The summed E-state index contributed by atoms with van der Waals surface area (Å²) in [4.78, 5) is 26.1. The lowest BCUT2D eigenvalue weighted by atomic mass is 9.87. The van der Waals surface area contributed by atoms with E-state index >= 15 is 0 Å². The van der Waals surface area contributed by atoms with Crippen LogP contribution >= 0.6 is 0 Å². The molecule has 3 rings (SSSR count). The van der Waals surface area contributed by atoms with Crippen LogP contribution in [0.4, 0.5) is 10.5 Å². The van der Waals surface area contributed by atoms with Crippen LogP contribution in [0.1, 0.15) is 68.9 Å². The predicted molar refractivity (Wildman–Crippen MR) is 133 cm³/mol. The largest absolute Gasteiger partial charge is 0.444 e. The number of hydrogen-bond donors (Lipinski definition) is 1. The van der Waals surface area contributed by atoms with Crippen LogP contribution in [0.3, 0.4) is 0 Å². The number of nitrogens with zero attached hydrogens (tertiary/aromatic N) is 1. The van der Waals surface area contributed by atoms with Gasteiger partial charge >= 0.3 is 6.09 Å². The molecular weight excluding hydrogens is 452 g/mol. The monoisotopic (exact) mass is 486 g/mol. The number of nitrogens with one attached hydrogen (secondary N) is 1. The summed E-state index contributed by atoms with van der Waals surface area (Å²) in [5.41, 5.74) is 2.59. The molecule has 0 bridgehead atoms. The molecule has 1 atom stereocenters. The first kappa shape index (κ1) is 25.7. The van der Waals surface area contributed by atoms with Gasteiger partial charge in [-0.3, -0.25) is 9.52 Å². The number of Topliss-reactive ketones (excluding diaryl/α,β-unsaturated/α-hetero) is 1. The lowest BCUT2D eigenvalue weighted by Gasteiger charge is -2.36. The van der Waals surface area contributed by atoms with Gasteiger partial charge in [-0.2, -0.15) is 0 Å². The van der Waals surface area contributed by atoms with E-state index in [0.717, 1.165) is 30.4 Å². The zero-order valence-electron chi connectivity index (χ0n) is 20.6. The number of rotatable bonds is 7. The molecule has 184 valence electrons. The molecule has 2 aromatic carbocycles. The summed E-state index contributed by atoms with van der Waals surface area (Å²) in [6.45, 7) is 9.71. The van der Waals surface area contributed by atoms with Crippen LogP contribution in [-0.2, 0) is 27.6 Å². The van der Waals surface area contributed by atoms with Crippen LogP contribution in [0.5, 0.6) is 0 Å². The van der Waals surface area contributed by atoms with Crippen LogP contribution in [0, 0.1) is 0 Å². The van der Waals surface area contributed by atoms with E-state index in [9.17, 15) is 18.0 Å². The number of benzene rings is 2. The quantitative estimate of drug-likeness (QED) is 0.544. The van der Waals surface area contributed by atoms with Crippen molar-refractivity contribution >= 4 is 27.6 Å². The maximum absolute atomic E-state index is 12.8. The molecule has 1 unspecified atom stereocenters. The number of fused-ring (bicyclic) bond motifs is 1. The van der Waals surface area contributed by atoms with Gasteiger partial charge in [-0.05, 0) is 88.8 Å². The molecule has 0 saturated carbocycles. The standard InChI is InChI=1S/C26H34N2O5S/c1-6-15-28(25(30)33-26(3,4)5)23-12-8-20-16-22(11-7-21(20)17-23)27-34(31,32)24-13-9-19(10-14-24)18(2)29/h7,9-11,13-14,16,23,27H,6,8,12,15,17H2,1-5H3. The second-order valence-corrected chi connectivity index (χ2v) is 11.4. The van der Waals surface area contributed by atoms with Crippen LogP contribution in [-0.4, -0.2) is 43.4 Å². The van der Waals surface area contributed by atoms with Crippen molar-refractivity contribution in [2.24, 2.45) is 0 Å². The van der Waals surface area contributed by atoms with Crippen molar-refractivity contribution in [1.29, 1.82) is 0 Å². The Kier molecular flexibility index (Phi) is 7.70. The van der Waals surface area contributed by atoms with Gasteiger partial charge < -0.3 is 9.64 Å². The molecule has 0 radical (unpaired) electrons. The van der Waals surface area contributed by atoms with Gasteiger partial charge in [0.2, 0.25) is 0 Å². The van der Waals surface area contributed by atoms with Crippen LogP contribution in [0.25, 0.3) is 0 Å². The minimum atomic E-state index is -3.77. The molecule has 1 aliphatic carbocycles. The lowest BCUT2D eigenvalue weighted by molar-refractivity contribution is 0.0146. The second kappa shape index (κ2) is 10.2. The van der Waals surface area contributed by atoms with E-state index in [1.54, 1.807) is 6.07 Å². The highest BCUT2D eigenvalue weighted by molar-refractivity contribution is 7.92. The van der Waals surface area contributed by atoms with Crippen LogP contribution < -0.4 is 4.72 Å². The third kappa shape index (κ3) is 6.38. The van der Waals surface area contributed by atoms with Gasteiger partial charge in [0.05, 0.1) is 4.90 Å². The molecule has 0 fully saturated rings. The van der Waals surface area contributed by atoms with E-state index in [2.05, 4.69) is 4.72 Å². The normalized spacial score (nSPS) is 15.9. The Morgan fingerprint density at radius 2 is 1.76 bits per heavy atom. The number of carbonyl (C=O) groups is 2. The topological polar surface area (TPSA) is 92.8 Å². The SMILES string of the molecule is CCCN(C(=O)OC(C)(C)C)C1CCc2cc(NS(=O)(=O)c3ccc(C(C)=O)cc3)ccc2C1. The average molecular weight is 487 g/mol. The first-order valence-electron chi connectivity index (χ1n) is 11.6. The number of hydrogen-bond acceptors (Lipinski definition) is 5. The van der Waals surface area contributed by atoms with Gasteiger partial charge in [0.25, 0.3) is 10.0 Å². The second-order valence-electron chi connectivity index (χ2n) is 9.74. The van der Waals surface area contributed by atoms with Crippen molar-refractivity contribution in [2.75, 3.05) is 11.3 Å². The molecule has 0 spiro atoms. The Labute approximate surface area is 202 Å². The molecule has 0 aliphatic heterocycles. The van der Waals surface area contributed by atoms with Gasteiger partial charge in [0.1, 0.15) is 5.60 Å². The Morgan fingerprint density at radius 3 is 2.35 bits per heavy atom. The minimum absolute atomic E-state index is 0.0460. The van der Waals surface area contributed by atoms with Gasteiger partial charge in [-0.25, -0.2) is 13.2 Å². The summed E-state index contributed by atoms with van der Waals surface area (Å²) in [5.74, 6) is -0.117. The van der Waals surface area contributed by atoms with Crippen LogP contribution in [0.15, 0.2) is 47.4 Å². The van der Waals surface area contributed by atoms with E-state index in [-0.39, 0.29) is 22.8 Å². The summed E-state index contributed by atoms with van der Waals surface area (Å²) >= 11 is 0. The van der Waals surface area contributed by atoms with E-state index in [1.807, 2.05) is 44.7 Å². The highest BCUT2D eigenvalue weighted by Gasteiger charge is 2.30. The maximum atomic E-state index is 12.8. The number of sulfonamides is 1. The lowest BCUT2D eigenvalue weighted by Crippen LogP contribution is -2.46. The summed E-state index contributed by atoms with van der Waals surface area (Å²) in [6, 6.07) is 11.5. The number of ether oxygens (including phenoxy) is 1. The summed E-state index contributed by atoms with van der Waals surface area (Å²) in [5, 5.41) is 0. The van der Waals surface area contributed by atoms with Crippen molar-refractivity contribution in [1.82, 2.24) is 4.90 Å². The predicted octanol–water partition coefficient (Wildman–Crippen LogP) is 5.19. The fraction of sp³-hybridized carbons (Fsp3) is 0.462. The first-order chi connectivity index (χ1) is 15.9. The van der Waals surface area contributed by atoms with Crippen molar-refractivity contribution < 1.29 is 22.7 Å². The summed E-state index contributed by atoms with van der Waals surface area (Å²) in [7, 11) is -3.77. The zero-order valence-corrected chi connectivity index (χ0v) is 21.4. The summed E-state index contributed by atoms with van der Waals surface area (Å²) < 4.78 is 33.9. The molecule has 8 heteroatoms. The van der Waals surface area contributed by atoms with E-state index < -0.39 is 15.6 Å². The first-order valence-corrected chi connectivity index (χ1v) is 13.1. The Hall–Kier alpha value is -2.87. The van der Waals surface area contributed by atoms with Crippen molar-refractivity contribution in [2.45, 2.75) is 76.8 Å². The number of carbonyl (C=O) groups excluding carboxylic acids is 2. The molecule has 1 amide bonds. The Morgan fingerprint density at radius 1 is 1.09 bits per heavy atom. The average Bonchev–Trinajstić information content (AvgIpc) is 2.75. The molecule has 0 heterocycles. The Balaban J connectivity index is 1.74. The third-order valence-corrected chi connectivity index (χ3v) is 7.16. The molecule has 0 aromatic heterocycles. The van der Waals surface area contributed by atoms with Crippen LogP contribution in [0.2, 0.25) is 0 Å². The van der Waals surface area contributed by atoms with Crippen molar-refractivity contribution in [3.63, 3.8) is 0 Å². The van der Waals surface area contributed by atoms with Gasteiger partial charge in [0.15, 0.2) is 5.78 Å². The third-order valence-electron chi connectivity index (χ3n) is 5.77. The molecule has 34 heavy (non-hydrogen) atoms. The van der Waals surface area contributed by atoms with Gasteiger partial charge in [-0.1, -0.05) is 25.1 Å². The maximum Gasteiger partial charge on any atom is 0.410 e. The molecule has 0 saturated heterocycles. The fourth-order valence-electron chi connectivity index (χ4n) is 4.13. The number of amides is 1. The summed E-state index contributed by atoms with van der Waals surface area (Å²) in [6.07, 6.45) is 2.79. The van der Waals surface area contributed by atoms with Crippen molar-refractivity contribution in [3.8, 4) is 0 Å².